The number of nitrogens with zero attached hydrogens (tertiary/aromatic N) is 3. The van der Waals surface area contributed by atoms with Crippen LogP contribution >= 0.6 is 11.3 Å². The Bertz CT molecular complexity index is 840. The van der Waals surface area contributed by atoms with E-state index in [1.165, 1.54) is 0 Å². The number of nitrogens with one attached hydrogen (secondary N) is 1. The summed E-state index contributed by atoms with van der Waals surface area (Å²) in [6, 6.07) is 13.2. The van der Waals surface area contributed by atoms with Gasteiger partial charge in [0, 0.05) is 10.6 Å². The van der Waals surface area contributed by atoms with Crippen LogP contribution < -0.4 is 16.7 Å². The van der Waals surface area contributed by atoms with Crippen molar-refractivity contribution >= 4 is 35.1 Å². The normalized spacial score (nSPS) is 10.9. The first kappa shape index (κ1) is 14.0. The van der Waals surface area contributed by atoms with E-state index in [4.69, 9.17) is 5.84 Å². The van der Waals surface area contributed by atoms with Crippen LogP contribution in [0.3, 0.4) is 0 Å². The first-order valence-corrected chi connectivity index (χ1v) is 7.40. The van der Waals surface area contributed by atoms with Crippen LogP contribution in [-0.4, -0.2) is 14.9 Å². The largest absolute Gasteiger partial charge is 0.333 e. The van der Waals surface area contributed by atoms with Gasteiger partial charge in [0.05, 0.1) is 0 Å². The molecule has 0 bridgehead atoms. The Kier molecular flexibility index (Phi) is 3.97. The van der Waals surface area contributed by atoms with Gasteiger partial charge in [0.25, 0.3) is 5.56 Å². The van der Waals surface area contributed by atoms with E-state index in [0.29, 0.717) is 0 Å². The summed E-state index contributed by atoms with van der Waals surface area (Å²) in [7, 11) is 0. The molecule has 0 saturated carbocycles. The van der Waals surface area contributed by atoms with E-state index in [1.807, 2.05) is 47.8 Å². The molecule has 3 aromatic rings. The number of nitrogen functional groups attached to an aromatic ring is 1. The van der Waals surface area contributed by atoms with Crippen molar-refractivity contribution in [2.45, 2.75) is 0 Å². The van der Waals surface area contributed by atoms with Crippen LogP contribution in [-0.2, 0) is 0 Å². The smallest absolute Gasteiger partial charge is 0.299 e. The molecule has 7 heteroatoms. The van der Waals surface area contributed by atoms with Gasteiger partial charge in [0.15, 0.2) is 5.69 Å². The minimum atomic E-state index is -0.416. The minimum Gasteiger partial charge on any atom is -0.333 e. The van der Waals surface area contributed by atoms with Gasteiger partial charge < -0.3 is 11.2 Å². The first-order chi connectivity index (χ1) is 10.7. The molecular formula is C15H13N5OS. The Morgan fingerprint density at radius 3 is 2.64 bits per heavy atom. The van der Waals surface area contributed by atoms with Crippen molar-refractivity contribution in [3.8, 4) is 0 Å². The van der Waals surface area contributed by atoms with Crippen LogP contribution in [0, 0.1) is 0 Å². The third kappa shape index (κ3) is 3.04. The summed E-state index contributed by atoms with van der Waals surface area (Å²) in [5.74, 6) is 5.97. The fourth-order valence-electron chi connectivity index (χ4n) is 1.80. The second-order valence-electron chi connectivity index (χ2n) is 4.42. The number of rotatable bonds is 4. The van der Waals surface area contributed by atoms with Gasteiger partial charge >= 0.3 is 0 Å². The Labute approximate surface area is 130 Å². The molecule has 2 aromatic heterocycles. The molecule has 22 heavy (non-hydrogen) atoms. The lowest BCUT2D eigenvalue weighted by Crippen LogP contribution is -2.32. The van der Waals surface area contributed by atoms with Crippen molar-refractivity contribution in [2.24, 2.45) is 0 Å². The topological polar surface area (TPSA) is 85.8 Å². The summed E-state index contributed by atoms with van der Waals surface area (Å²) in [5, 5.41) is 12.8. The molecule has 0 unspecified atom stereocenters. The van der Waals surface area contributed by atoms with Gasteiger partial charge in [-0.3, -0.25) is 4.79 Å². The van der Waals surface area contributed by atoms with Crippen molar-refractivity contribution in [2.75, 3.05) is 11.2 Å². The predicted molar refractivity (Wildman–Crippen MR) is 89.4 cm³/mol. The molecule has 6 nitrogen and oxygen atoms in total. The molecular weight excluding hydrogens is 298 g/mol. The SMILES string of the molecule is Nn1c(Nc2ccccc2)nnc(C=Cc2cccs2)c1=O. The van der Waals surface area contributed by atoms with Crippen molar-refractivity contribution in [3.63, 3.8) is 0 Å². The summed E-state index contributed by atoms with van der Waals surface area (Å²) in [6.07, 6.45) is 3.41. The molecule has 0 spiro atoms. The second kappa shape index (κ2) is 6.23. The van der Waals surface area contributed by atoms with Gasteiger partial charge in [0.1, 0.15) is 0 Å². The second-order valence-corrected chi connectivity index (χ2v) is 5.40. The third-order valence-corrected chi connectivity index (χ3v) is 3.73. The Morgan fingerprint density at radius 1 is 1.09 bits per heavy atom. The van der Waals surface area contributed by atoms with Crippen LogP contribution in [0.25, 0.3) is 12.2 Å². The molecule has 0 aliphatic heterocycles. The standard InChI is InChI=1S/C15H13N5OS/c16-20-14(21)13(9-8-12-7-4-10-22-12)18-19-15(20)17-11-5-2-1-3-6-11/h1-10H,16H2,(H,17,19). The quantitative estimate of drug-likeness (QED) is 0.722. The van der Waals surface area contributed by atoms with Crippen molar-refractivity contribution < 1.29 is 0 Å². The van der Waals surface area contributed by atoms with E-state index in [1.54, 1.807) is 23.5 Å². The van der Waals surface area contributed by atoms with E-state index in [2.05, 4.69) is 15.5 Å². The van der Waals surface area contributed by atoms with E-state index < -0.39 is 5.56 Å². The number of aromatic nitrogens is 3. The van der Waals surface area contributed by atoms with E-state index in [-0.39, 0.29) is 11.6 Å². The zero-order chi connectivity index (χ0) is 15.4. The van der Waals surface area contributed by atoms with Crippen LogP contribution in [0.2, 0.25) is 0 Å². The maximum absolute atomic E-state index is 12.2. The van der Waals surface area contributed by atoms with Crippen molar-refractivity contribution in [1.29, 1.82) is 0 Å². The molecule has 0 fully saturated rings. The highest BCUT2D eigenvalue weighted by Gasteiger charge is 2.08. The maximum Gasteiger partial charge on any atom is 0.299 e. The lowest BCUT2D eigenvalue weighted by atomic mass is 10.3. The van der Waals surface area contributed by atoms with E-state index in [0.717, 1.165) is 15.2 Å². The van der Waals surface area contributed by atoms with Gasteiger partial charge in [-0.05, 0) is 35.7 Å². The molecule has 2 heterocycles. The first-order valence-electron chi connectivity index (χ1n) is 6.52. The number of anilines is 2. The number of hydrogen-bond donors (Lipinski definition) is 2. The number of nitrogens with two attached hydrogens (primary N) is 1. The Balaban J connectivity index is 1.87. The molecule has 3 N–H and O–H groups in total. The van der Waals surface area contributed by atoms with Gasteiger partial charge in [0.2, 0.25) is 5.95 Å². The van der Waals surface area contributed by atoms with E-state index >= 15 is 0 Å². The average Bonchev–Trinajstić information content (AvgIpc) is 3.06. The summed E-state index contributed by atoms with van der Waals surface area (Å²) >= 11 is 1.57. The van der Waals surface area contributed by atoms with Crippen LogP contribution in [0.4, 0.5) is 11.6 Å². The highest BCUT2D eigenvalue weighted by atomic mass is 32.1. The highest BCUT2D eigenvalue weighted by molar-refractivity contribution is 7.10. The molecule has 0 atom stereocenters. The minimum absolute atomic E-state index is 0.185. The molecule has 1 aromatic carbocycles. The van der Waals surface area contributed by atoms with Gasteiger partial charge in [-0.2, -0.15) is 4.68 Å². The number of para-hydroxylation sites is 1. The van der Waals surface area contributed by atoms with Crippen molar-refractivity contribution in [1.82, 2.24) is 14.9 Å². The number of thiophene rings is 1. The van der Waals surface area contributed by atoms with Gasteiger partial charge in [-0.15, -0.1) is 21.5 Å². The summed E-state index contributed by atoms with van der Waals surface area (Å²) < 4.78 is 0.952. The molecule has 0 radical (unpaired) electrons. The Morgan fingerprint density at radius 2 is 1.91 bits per heavy atom. The van der Waals surface area contributed by atoms with Crippen LogP contribution in [0.5, 0.6) is 0 Å². The van der Waals surface area contributed by atoms with Crippen molar-refractivity contribution in [3.05, 3.63) is 68.8 Å². The summed E-state index contributed by atoms with van der Waals surface area (Å²) in [6.45, 7) is 0. The molecule has 0 aliphatic rings. The van der Waals surface area contributed by atoms with Crippen LogP contribution in [0.1, 0.15) is 10.6 Å². The highest BCUT2D eigenvalue weighted by Crippen LogP contribution is 2.13. The molecule has 3 rings (SSSR count). The average molecular weight is 311 g/mol. The number of benzene rings is 1. The fraction of sp³-hybridized carbons (Fsp3) is 0. The molecule has 0 aliphatic carbocycles. The lowest BCUT2D eigenvalue weighted by Gasteiger charge is -2.08. The monoisotopic (exact) mass is 311 g/mol. The molecule has 110 valence electrons. The van der Waals surface area contributed by atoms with Gasteiger partial charge in [-0.1, -0.05) is 24.3 Å². The predicted octanol–water partition coefficient (Wildman–Crippen LogP) is 2.33. The number of hydrogen-bond acceptors (Lipinski definition) is 6. The summed E-state index contributed by atoms with van der Waals surface area (Å²) in [5.41, 5.74) is 0.549. The zero-order valence-electron chi connectivity index (χ0n) is 11.5. The van der Waals surface area contributed by atoms with Crippen LogP contribution in [0.15, 0.2) is 52.6 Å². The Hall–Kier alpha value is -2.93. The van der Waals surface area contributed by atoms with E-state index in [9.17, 15) is 4.79 Å². The molecule has 0 saturated heterocycles. The lowest BCUT2D eigenvalue weighted by molar-refractivity contribution is 0.828. The van der Waals surface area contributed by atoms with Gasteiger partial charge in [-0.25, -0.2) is 0 Å². The molecule has 0 amide bonds. The summed E-state index contributed by atoms with van der Waals surface area (Å²) in [4.78, 5) is 13.2. The third-order valence-electron chi connectivity index (χ3n) is 2.90. The fourth-order valence-corrected chi connectivity index (χ4v) is 2.42. The maximum atomic E-state index is 12.2. The zero-order valence-corrected chi connectivity index (χ0v) is 12.3.